The summed E-state index contributed by atoms with van der Waals surface area (Å²) in [4.78, 5) is 21.1. The summed E-state index contributed by atoms with van der Waals surface area (Å²) in [6.07, 6.45) is 3.39. The first-order valence-corrected chi connectivity index (χ1v) is 9.48. The van der Waals surface area contributed by atoms with Crippen molar-refractivity contribution in [2.75, 3.05) is 11.9 Å². The zero-order chi connectivity index (χ0) is 19.5. The average molecular weight is 438 g/mol. The minimum atomic E-state index is -0.223. The highest BCUT2D eigenvalue weighted by Gasteiger charge is 2.12. The number of aromatic nitrogens is 2. The summed E-state index contributed by atoms with van der Waals surface area (Å²) in [6, 6.07) is 14.3. The molecule has 140 valence electrons. The number of nitrogens with one attached hydrogen (secondary N) is 1. The van der Waals surface area contributed by atoms with Gasteiger partial charge in [-0.15, -0.1) is 0 Å². The maximum atomic E-state index is 12.6. The molecule has 1 N–H and O–H groups in total. The number of oxazole rings is 1. The second-order valence-electron chi connectivity index (χ2n) is 5.98. The number of carbonyl (C=O) groups is 1. The Balaban J connectivity index is 1.56. The van der Waals surface area contributed by atoms with Gasteiger partial charge in [0.15, 0.2) is 5.58 Å². The van der Waals surface area contributed by atoms with Crippen molar-refractivity contribution < 1.29 is 13.9 Å². The van der Waals surface area contributed by atoms with Gasteiger partial charge in [-0.05, 0) is 71.4 Å². The van der Waals surface area contributed by atoms with E-state index in [0.29, 0.717) is 40.6 Å². The van der Waals surface area contributed by atoms with Crippen LogP contribution in [0.2, 0.25) is 0 Å². The number of benzene rings is 2. The number of fused-ring (bicyclic) bond motifs is 1. The number of nitrogens with zero attached hydrogens (tertiary/aromatic N) is 2. The van der Waals surface area contributed by atoms with E-state index >= 15 is 0 Å². The standard InChI is InChI=1S/C21H16BrN3O3/c1-2-27-18-7-5-13(10-16(18)22)20(26)24-15-6-8-19-17(11-15)25-21(28-19)14-4-3-9-23-12-14/h3-12H,2H2,1H3,(H,24,26). The molecule has 4 aromatic rings. The molecule has 0 atom stereocenters. The summed E-state index contributed by atoms with van der Waals surface area (Å²) in [5, 5.41) is 2.88. The lowest BCUT2D eigenvalue weighted by Gasteiger charge is -2.09. The van der Waals surface area contributed by atoms with Crippen LogP contribution < -0.4 is 10.1 Å². The van der Waals surface area contributed by atoms with E-state index in [1.165, 1.54) is 0 Å². The molecule has 0 saturated heterocycles. The van der Waals surface area contributed by atoms with Crippen molar-refractivity contribution in [2.24, 2.45) is 0 Å². The van der Waals surface area contributed by atoms with E-state index in [0.717, 1.165) is 10.0 Å². The molecular formula is C21H16BrN3O3. The van der Waals surface area contributed by atoms with Crippen LogP contribution >= 0.6 is 15.9 Å². The monoisotopic (exact) mass is 437 g/mol. The lowest BCUT2D eigenvalue weighted by atomic mass is 10.2. The number of pyridine rings is 1. The summed E-state index contributed by atoms with van der Waals surface area (Å²) < 4.78 is 12.0. The molecule has 0 unspecified atom stereocenters. The molecule has 0 aliphatic carbocycles. The third-order valence-corrected chi connectivity index (χ3v) is 4.67. The van der Waals surface area contributed by atoms with Crippen molar-refractivity contribution in [3.8, 4) is 17.2 Å². The van der Waals surface area contributed by atoms with Crippen molar-refractivity contribution >= 4 is 38.6 Å². The zero-order valence-corrected chi connectivity index (χ0v) is 16.6. The van der Waals surface area contributed by atoms with Crippen molar-refractivity contribution in [1.29, 1.82) is 0 Å². The molecule has 28 heavy (non-hydrogen) atoms. The Morgan fingerprint density at radius 2 is 2.11 bits per heavy atom. The average Bonchev–Trinajstić information content (AvgIpc) is 3.14. The first-order chi connectivity index (χ1) is 13.6. The second-order valence-corrected chi connectivity index (χ2v) is 6.83. The molecule has 0 fully saturated rings. The van der Waals surface area contributed by atoms with Gasteiger partial charge in [0, 0.05) is 23.6 Å². The largest absolute Gasteiger partial charge is 0.493 e. The topological polar surface area (TPSA) is 77.2 Å². The molecule has 4 rings (SSSR count). The first-order valence-electron chi connectivity index (χ1n) is 8.68. The SMILES string of the molecule is CCOc1ccc(C(=O)Nc2ccc3oc(-c4cccnc4)nc3c2)cc1Br. The van der Waals surface area contributed by atoms with Gasteiger partial charge in [0.1, 0.15) is 11.3 Å². The van der Waals surface area contributed by atoms with E-state index in [1.54, 1.807) is 48.8 Å². The normalized spacial score (nSPS) is 10.8. The molecule has 0 aliphatic heterocycles. The maximum Gasteiger partial charge on any atom is 0.255 e. The van der Waals surface area contributed by atoms with E-state index in [4.69, 9.17) is 9.15 Å². The number of carbonyl (C=O) groups excluding carboxylic acids is 1. The highest BCUT2D eigenvalue weighted by Crippen LogP contribution is 2.28. The fraction of sp³-hybridized carbons (Fsp3) is 0.0952. The van der Waals surface area contributed by atoms with E-state index < -0.39 is 0 Å². The number of anilines is 1. The van der Waals surface area contributed by atoms with Crippen molar-refractivity contribution in [3.63, 3.8) is 0 Å². The third kappa shape index (κ3) is 3.75. The molecular weight excluding hydrogens is 422 g/mol. The number of rotatable bonds is 5. The second kappa shape index (κ2) is 7.82. The van der Waals surface area contributed by atoms with Gasteiger partial charge in [-0.25, -0.2) is 4.98 Å². The van der Waals surface area contributed by atoms with Crippen molar-refractivity contribution in [3.05, 3.63) is 71.0 Å². The van der Waals surface area contributed by atoms with Gasteiger partial charge in [0.05, 0.1) is 16.6 Å². The molecule has 2 aromatic carbocycles. The summed E-state index contributed by atoms with van der Waals surface area (Å²) >= 11 is 3.43. The molecule has 1 amide bonds. The molecule has 0 spiro atoms. The van der Waals surface area contributed by atoms with Gasteiger partial charge >= 0.3 is 0 Å². The minimum absolute atomic E-state index is 0.223. The van der Waals surface area contributed by atoms with Crippen LogP contribution in [0.5, 0.6) is 5.75 Å². The Labute approximate surface area is 169 Å². The van der Waals surface area contributed by atoms with Gasteiger partial charge < -0.3 is 14.5 Å². The fourth-order valence-corrected chi connectivity index (χ4v) is 3.23. The Kier molecular flexibility index (Phi) is 5.08. The molecule has 2 heterocycles. The van der Waals surface area contributed by atoms with Crippen LogP contribution in [0.15, 0.2) is 69.8 Å². The molecule has 0 saturated carbocycles. The zero-order valence-electron chi connectivity index (χ0n) is 15.0. The number of amides is 1. The molecule has 7 heteroatoms. The van der Waals surface area contributed by atoms with Crippen LogP contribution in [-0.2, 0) is 0 Å². The summed E-state index contributed by atoms with van der Waals surface area (Å²) in [6.45, 7) is 2.47. The predicted molar refractivity (Wildman–Crippen MR) is 111 cm³/mol. The number of halogens is 1. The number of hydrogen-bond donors (Lipinski definition) is 1. The summed E-state index contributed by atoms with van der Waals surface area (Å²) in [5.41, 5.74) is 3.24. The number of ether oxygens (including phenoxy) is 1. The lowest BCUT2D eigenvalue weighted by Crippen LogP contribution is -2.12. The van der Waals surface area contributed by atoms with Crippen LogP contribution in [0.25, 0.3) is 22.6 Å². The third-order valence-electron chi connectivity index (χ3n) is 4.05. The highest BCUT2D eigenvalue weighted by molar-refractivity contribution is 9.10. The van der Waals surface area contributed by atoms with Gasteiger partial charge in [0.25, 0.3) is 5.91 Å². The van der Waals surface area contributed by atoms with Crippen molar-refractivity contribution in [2.45, 2.75) is 6.92 Å². The van der Waals surface area contributed by atoms with Crippen LogP contribution in [0.4, 0.5) is 5.69 Å². The van der Waals surface area contributed by atoms with E-state index in [-0.39, 0.29) is 5.91 Å². The van der Waals surface area contributed by atoms with E-state index in [2.05, 4.69) is 31.2 Å². The summed E-state index contributed by atoms with van der Waals surface area (Å²) in [7, 11) is 0. The Hall–Kier alpha value is -3.19. The molecule has 6 nitrogen and oxygen atoms in total. The van der Waals surface area contributed by atoms with Gasteiger partial charge in [-0.1, -0.05) is 0 Å². The van der Waals surface area contributed by atoms with Crippen LogP contribution in [0.1, 0.15) is 17.3 Å². The van der Waals surface area contributed by atoms with Crippen molar-refractivity contribution in [1.82, 2.24) is 9.97 Å². The Morgan fingerprint density at radius 1 is 1.21 bits per heavy atom. The lowest BCUT2D eigenvalue weighted by molar-refractivity contribution is 0.102. The first kappa shape index (κ1) is 18.2. The molecule has 0 bridgehead atoms. The van der Waals surface area contributed by atoms with Crippen LogP contribution in [-0.4, -0.2) is 22.5 Å². The molecule has 2 aromatic heterocycles. The minimum Gasteiger partial charge on any atom is -0.493 e. The quantitative estimate of drug-likeness (QED) is 0.458. The molecule has 0 aliphatic rings. The Bertz CT molecular complexity index is 1140. The van der Waals surface area contributed by atoms with Gasteiger partial charge in [-0.2, -0.15) is 0 Å². The summed E-state index contributed by atoms with van der Waals surface area (Å²) in [5.74, 6) is 0.965. The predicted octanol–water partition coefficient (Wildman–Crippen LogP) is 5.30. The number of hydrogen-bond acceptors (Lipinski definition) is 5. The van der Waals surface area contributed by atoms with Gasteiger partial charge in [-0.3, -0.25) is 9.78 Å². The molecule has 0 radical (unpaired) electrons. The maximum absolute atomic E-state index is 12.6. The van der Waals surface area contributed by atoms with Crippen LogP contribution in [0.3, 0.4) is 0 Å². The fourth-order valence-electron chi connectivity index (χ4n) is 2.74. The van der Waals surface area contributed by atoms with Crippen LogP contribution in [0, 0.1) is 0 Å². The Morgan fingerprint density at radius 3 is 2.86 bits per heavy atom. The highest BCUT2D eigenvalue weighted by atomic mass is 79.9. The van der Waals surface area contributed by atoms with E-state index in [1.807, 2.05) is 19.1 Å². The smallest absolute Gasteiger partial charge is 0.255 e. The van der Waals surface area contributed by atoms with E-state index in [9.17, 15) is 4.79 Å². The van der Waals surface area contributed by atoms with Gasteiger partial charge in [0.2, 0.25) is 5.89 Å².